The second kappa shape index (κ2) is 7.67. The Morgan fingerprint density at radius 2 is 1.74 bits per heavy atom. The Morgan fingerprint density at radius 1 is 1.00 bits per heavy atom. The summed E-state index contributed by atoms with van der Waals surface area (Å²) in [4.78, 5) is 26.4. The molecule has 2 aliphatic rings. The van der Waals surface area contributed by atoms with Gasteiger partial charge in [0.1, 0.15) is 6.61 Å². The summed E-state index contributed by atoms with van der Waals surface area (Å²) in [6.07, 6.45) is 0.115. The lowest BCUT2D eigenvalue weighted by atomic mass is 10.00. The van der Waals surface area contributed by atoms with Gasteiger partial charge in [0.25, 0.3) is 11.8 Å². The molecule has 2 aromatic carbocycles. The van der Waals surface area contributed by atoms with Crippen molar-refractivity contribution in [3.63, 3.8) is 0 Å². The predicted octanol–water partition coefficient (Wildman–Crippen LogP) is 1.03. The number of ether oxygens (including phenoxy) is 2. The first-order valence-corrected chi connectivity index (χ1v) is 8.95. The molecular weight excluding hydrogens is 346 g/mol. The molecule has 7 nitrogen and oxygen atoms in total. The molecule has 0 aromatic heterocycles. The van der Waals surface area contributed by atoms with Crippen LogP contribution in [0.25, 0.3) is 0 Å². The Balaban J connectivity index is 1.25. The highest BCUT2D eigenvalue weighted by atomic mass is 16.6. The van der Waals surface area contributed by atoms with Crippen LogP contribution < -0.4 is 20.3 Å². The quantitative estimate of drug-likeness (QED) is 0.793. The van der Waals surface area contributed by atoms with Gasteiger partial charge in [-0.15, -0.1) is 0 Å². The smallest absolute Gasteiger partial charge is 0.283 e. The average Bonchev–Trinajstić information content (AvgIpc) is 2.71. The fourth-order valence-corrected chi connectivity index (χ4v) is 3.29. The number of nitrogens with zero attached hydrogens (tertiary/aromatic N) is 1. The van der Waals surface area contributed by atoms with E-state index in [4.69, 9.17) is 9.47 Å². The normalized spacial score (nSPS) is 18.3. The zero-order valence-electron chi connectivity index (χ0n) is 14.8. The number of carbonyl (C=O) groups is 2. The van der Waals surface area contributed by atoms with Gasteiger partial charge in [0.15, 0.2) is 11.5 Å². The van der Waals surface area contributed by atoms with Crippen molar-refractivity contribution in [2.24, 2.45) is 0 Å². The van der Waals surface area contributed by atoms with E-state index in [1.165, 1.54) is 11.1 Å². The number of fused-ring (bicyclic) bond motifs is 2. The van der Waals surface area contributed by atoms with Gasteiger partial charge < -0.3 is 9.47 Å². The number of para-hydroxylation sites is 2. The van der Waals surface area contributed by atoms with E-state index >= 15 is 0 Å². The van der Waals surface area contributed by atoms with Crippen LogP contribution in [-0.4, -0.2) is 42.5 Å². The number of carbonyl (C=O) groups excluding carboxylic acids is 2. The fourth-order valence-electron chi connectivity index (χ4n) is 3.29. The van der Waals surface area contributed by atoms with Crippen LogP contribution in [0.15, 0.2) is 48.5 Å². The van der Waals surface area contributed by atoms with Crippen molar-refractivity contribution in [2.75, 3.05) is 19.7 Å². The second-order valence-corrected chi connectivity index (χ2v) is 6.63. The van der Waals surface area contributed by atoms with E-state index in [0.717, 1.165) is 19.5 Å². The molecule has 0 aliphatic carbocycles. The fraction of sp³-hybridized carbons (Fsp3) is 0.300. The first kappa shape index (κ1) is 17.4. The Bertz CT molecular complexity index is 855. The molecule has 7 heteroatoms. The number of rotatable bonds is 3. The van der Waals surface area contributed by atoms with Gasteiger partial charge in [-0.25, -0.2) is 0 Å². The summed E-state index contributed by atoms with van der Waals surface area (Å²) >= 11 is 0. The molecule has 2 aliphatic heterocycles. The van der Waals surface area contributed by atoms with E-state index in [1.54, 1.807) is 18.2 Å². The summed E-state index contributed by atoms with van der Waals surface area (Å²) in [6, 6.07) is 15.4. The third-order valence-electron chi connectivity index (χ3n) is 4.70. The highest BCUT2D eigenvalue weighted by Crippen LogP contribution is 2.30. The van der Waals surface area contributed by atoms with Crippen LogP contribution in [0.3, 0.4) is 0 Å². The first-order chi connectivity index (χ1) is 13.2. The van der Waals surface area contributed by atoms with Crippen LogP contribution >= 0.6 is 0 Å². The minimum atomic E-state index is -0.804. The third-order valence-corrected chi connectivity index (χ3v) is 4.70. The molecule has 0 fully saturated rings. The molecule has 0 spiro atoms. The SMILES string of the molecule is O=C(CN1CCc2ccccc2C1)NNC(=O)[C@H]1COc2ccccc2O1. The summed E-state index contributed by atoms with van der Waals surface area (Å²) in [5.41, 5.74) is 7.45. The van der Waals surface area contributed by atoms with E-state index in [9.17, 15) is 9.59 Å². The number of hydrogen-bond donors (Lipinski definition) is 2. The van der Waals surface area contributed by atoms with E-state index in [1.807, 2.05) is 18.2 Å². The Morgan fingerprint density at radius 3 is 2.59 bits per heavy atom. The van der Waals surface area contributed by atoms with E-state index in [2.05, 4.69) is 27.9 Å². The maximum atomic E-state index is 12.2. The largest absolute Gasteiger partial charge is 0.485 e. The van der Waals surface area contributed by atoms with Gasteiger partial charge >= 0.3 is 0 Å². The summed E-state index contributed by atoms with van der Waals surface area (Å²) < 4.78 is 11.1. The number of benzene rings is 2. The molecule has 4 rings (SSSR count). The minimum Gasteiger partial charge on any atom is -0.485 e. The molecule has 2 aromatic rings. The zero-order chi connectivity index (χ0) is 18.6. The van der Waals surface area contributed by atoms with Gasteiger partial charge in [-0.3, -0.25) is 25.3 Å². The van der Waals surface area contributed by atoms with Crippen molar-refractivity contribution < 1.29 is 19.1 Å². The van der Waals surface area contributed by atoms with Crippen molar-refractivity contribution in [3.8, 4) is 11.5 Å². The van der Waals surface area contributed by atoms with Crippen molar-refractivity contribution >= 4 is 11.8 Å². The second-order valence-electron chi connectivity index (χ2n) is 6.63. The molecule has 140 valence electrons. The highest BCUT2D eigenvalue weighted by Gasteiger charge is 2.27. The van der Waals surface area contributed by atoms with Crippen LogP contribution in [0.4, 0.5) is 0 Å². The van der Waals surface area contributed by atoms with E-state index in [0.29, 0.717) is 11.5 Å². The van der Waals surface area contributed by atoms with Gasteiger partial charge in [0, 0.05) is 13.1 Å². The van der Waals surface area contributed by atoms with Crippen molar-refractivity contribution in [1.29, 1.82) is 0 Å². The molecule has 2 amide bonds. The Hall–Kier alpha value is -3.06. The number of hydrazine groups is 1. The maximum Gasteiger partial charge on any atom is 0.283 e. The van der Waals surface area contributed by atoms with Gasteiger partial charge in [-0.2, -0.15) is 0 Å². The number of nitrogens with one attached hydrogen (secondary N) is 2. The Labute approximate surface area is 157 Å². The third kappa shape index (κ3) is 4.03. The summed E-state index contributed by atoms with van der Waals surface area (Å²) in [5, 5.41) is 0. The van der Waals surface area contributed by atoms with Gasteiger partial charge in [0.05, 0.1) is 6.54 Å². The topological polar surface area (TPSA) is 79.9 Å². The first-order valence-electron chi connectivity index (χ1n) is 8.95. The van der Waals surface area contributed by atoms with Crippen LogP contribution in [0.5, 0.6) is 11.5 Å². The van der Waals surface area contributed by atoms with E-state index < -0.39 is 12.0 Å². The van der Waals surface area contributed by atoms with Gasteiger partial charge in [-0.1, -0.05) is 36.4 Å². The molecule has 1 atom stereocenters. The van der Waals surface area contributed by atoms with Crippen LogP contribution in [-0.2, 0) is 22.6 Å². The average molecular weight is 367 g/mol. The maximum absolute atomic E-state index is 12.2. The molecule has 0 saturated carbocycles. The summed E-state index contributed by atoms with van der Waals surface area (Å²) in [6.45, 7) is 1.86. The molecule has 0 bridgehead atoms. The highest BCUT2D eigenvalue weighted by molar-refractivity contribution is 5.85. The molecule has 2 heterocycles. The predicted molar refractivity (Wildman–Crippen MR) is 98.1 cm³/mol. The van der Waals surface area contributed by atoms with Crippen LogP contribution in [0.2, 0.25) is 0 Å². The van der Waals surface area contributed by atoms with Crippen LogP contribution in [0, 0.1) is 0 Å². The lowest BCUT2D eigenvalue weighted by Gasteiger charge is -2.28. The molecule has 0 saturated heterocycles. The molecular formula is C20H21N3O4. The Kier molecular flexibility index (Phi) is 4.93. The van der Waals surface area contributed by atoms with Gasteiger partial charge in [-0.05, 0) is 29.7 Å². The molecule has 0 unspecified atom stereocenters. The number of amides is 2. The van der Waals surface area contributed by atoms with Gasteiger partial charge in [0.2, 0.25) is 6.10 Å². The van der Waals surface area contributed by atoms with Crippen molar-refractivity contribution in [2.45, 2.75) is 19.1 Å². The molecule has 2 N–H and O–H groups in total. The zero-order valence-corrected chi connectivity index (χ0v) is 14.8. The monoisotopic (exact) mass is 367 g/mol. The molecule has 27 heavy (non-hydrogen) atoms. The van der Waals surface area contributed by atoms with Crippen LogP contribution in [0.1, 0.15) is 11.1 Å². The lowest BCUT2D eigenvalue weighted by Crippen LogP contribution is -2.52. The minimum absolute atomic E-state index is 0.0988. The van der Waals surface area contributed by atoms with Crippen molar-refractivity contribution in [1.82, 2.24) is 15.8 Å². The summed E-state index contributed by atoms with van der Waals surface area (Å²) in [5.74, 6) is 0.417. The lowest BCUT2D eigenvalue weighted by molar-refractivity contribution is -0.135. The standard InChI is InChI=1S/C20H21N3O4/c24-19(12-23-10-9-14-5-1-2-6-15(14)11-23)21-22-20(25)18-13-26-16-7-3-4-8-17(16)27-18/h1-8,18H,9-13H2,(H,21,24)(H,22,25)/t18-/m1/s1. The van der Waals surface area contributed by atoms with Crippen molar-refractivity contribution in [3.05, 3.63) is 59.7 Å². The summed E-state index contributed by atoms with van der Waals surface area (Å²) in [7, 11) is 0. The molecule has 0 radical (unpaired) electrons. The van der Waals surface area contributed by atoms with E-state index in [-0.39, 0.29) is 19.1 Å². The number of hydrogen-bond acceptors (Lipinski definition) is 5.